The summed E-state index contributed by atoms with van der Waals surface area (Å²) in [7, 11) is 2.27. The van der Waals surface area contributed by atoms with Gasteiger partial charge in [-0.05, 0) is 63.3 Å². The van der Waals surface area contributed by atoms with Gasteiger partial charge in [0.1, 0.15) is 0 Å². The molecule has 1 aliphatic rings. The van der Waals surface area contributed by atoms with Crippen LogP contribution in [0.15, 0.2) is 30.3 Å². The van der Waals surface area contributed by atoms with Crippen LogP contribution in [-0.2, 0) is 0 Å². The van der Waals surface area contributed by atoms with Crippen LogP contribution >= 0.6 is 11.3 Å². The predicted molar refractivity (Wildman–Crippen MR) is 88.5 cm³/mol. The van der Waals surface area contributed by atoms with Crippen LogP contribution in [-0.4, -0.2) is 31.6 Å². The maximum atomic E-state index is 3.45. The quantitative estimate of drug-likeness (QED) is 0.918. The third-order valence-corrected chi connectivity index (χ3v) is 5.81. The number of piperidine rings is 1. The summed E-state index contributed by atoms with van der Waals surface area (Å²) in [6, 6.07) is 11.6. The largest absolute Gasteiger partial charge is 0.317 e. The first-order valence-corrected chi connectivity index (χ1v) is 8.45. The molecule has 1 aliphatic heterocycles. The molecule has 0 radical (unpaired) electrons. The Bertz CT molecular complexity index is 524. The van der Waals surface area contributed by atoms with Crippen LogP contribution in [0.3, 0.4) is 0 Å². The lowest BCUT2D eigenvalue weighted by Crippen LogP contribution is -2.35. The van der Waals surface area contributed by atoms with Gasteiger partial charge in [0.05, 0.1) is 0 Å². The van der Waals surface area contributed by atoms with E-state index in [0.717, 1.165) is 5.92 Å². The van der Waals surface area contributed by atoms with E-state index in [1.807, 2.05) is 11.3 Å². The van der Waals surface area contributed by atoms with Gasteiger partial charge in [0.15, 0.2) is 0 Å². The molecule has 1 fully saturated rings. The van der Waals surface area contributed by atoms with Crippen molar-refractivity contribution in [2.24, 2.45) is 5.92 Å². The standard InChI is InChI=1S/C17H24N2S/c1-13(19(2)12-14-7-9-18-10-8-14)17-11-15-5-3-4-6-16(15)20-17/h3-6,11,13-14,18H,7-10,12H2,1-2H3. The molecule has 2 nitrogen and oxygen atoms in total. The molecule has 1 aromatic heterocycles. The molecule has 3 rings (SSSR count). The Kier molecular flexibility index (Phi) is 4.39. The summed E-state index contributed by atoms with van der Waals surface area (Å²) >= 11 is 1.94. The van der Waals surface area contributed by atoms with E-state index in [0.29, 0.717) is 6.04 Å². The van der Waals surface area contributed by atoms with Crippen molar-refractivity contribution in [1.29, 1.82) is 0 Å². The third-order valence-electron chi connectivity index (χ3n) is 4.52. The zero-order valence-corrected chi connectivity index (χ0v) is 13.2. The molecule has 0 saturated carbocycles. The van der Waals surface area contributed by atoms with Crippen LogP contribution in [0.25, 0.3) is 10.1 Å². The second-order valence-corrected chi connectivity index (χ2v) is 7.11. The highest BCUT2D eigenvalue weighted by molar-refractivity contribution is 7.19. The Balaban J connectivity index is 1.68. The molecule has 3 heteroatoms. The minimum atomic E-state index is 0.516. The topological polar surface area (TPSA) is 15.3 Å². The van der Waals surface area contributed by atoms with Crippen LogP contribution in [0.1, 0.15) is 30.7 Å². The molecule has 2 aromatic rings. The second-order valence-electron chi connectivity index (χ2n) is 6.00. The molecular formula is C17H24N2S. The molecule has 0 aliphatic carbocycles. The molecule has 0 spiro atoms. The molecule has 1 N–H and O–H groups in total. The molecule has 1 aromatic carbocycles. The van der Waals surface area contributed by atoms with Gasteiger partial charge in [0.25, 0.3) is 0 Å². The Hall–Kier alpha value is -0.900. The fourth-order valence-electron chi connectivity index (χ4n) is 3.06. The van der Waals surface area contributed by atoms with Gasteiger partial charge in [0.2, 0.25) is 0 Å². The lowest BCUT2D eigenvalue weighted by Gasteiger charge is -2.30. The second kappa shape index (κ2) is 6.25. The third kappa shape index (κ3) is 3.05. The predicted octanol–water partition coefficient (Wildman–Crippen LogP) is 3.89. The molecule has 1 atom stereocenters. The summed E-state index contributed by atoms with van der Waals surface area (Å²) < 4.78 is 1.41. The fraction of sp³-hybridized carbons (Fsp3) is 0.529. The number of rotatable bonds is 4. The number of thiophene rings is 1. The van der Waals surface area contributed by atoms with Gasteiger partial charge in [0, 0.05) is 22.2 Å². The summed E-state index contributed by atoms with van der Waals surface area (Å²) in [5, 5.41) is 4.83. The molecule has 108 valence electrons. The molecule has 2 heterocycles. The van der Waals surface area contributed by atoms with Gasteiger partial charge >= 0.3 is 0 Å². The normalized spacial score (nSPS) is 18.8. The van der Waals surface area contributed by atoms with Crippen molar-refractivity contribution in [2.75, 3.05) is 26.7 Å². The van der Waals surface area contributed by atoms with Gasteiger partial charge in [-0.2, -0.15) is 0 Å². The monoisotopic (exact) mass is 288 g/mol. The van der Waals surface area contributed by atoms with Gasteiger partial charge < -0.3 is 5.32 Å². The highest BCUT2D eigenvalue weighted by Gasteiger charge is 2.20. The Morgan fingerprint density at radius 3 is 2.80 bits per heavy atom. The first-order valence-electron chi connectivity index (χ1n) is 7.63. The number of nitrogens with one attached hydrogen (secondary N) is 1. The van der Waals surface area contributed by atoms with Crippen LogP contribution in [0.2, 0.25) is 0 Å². The maximum absolute atomic E-state index is 3.45. The van der Waals surface area contributed by atoms with Crippen LogP contribution in [0.5, 0.6) is 0 Å². The highest BCUT2D eigenvalue weighted by Crippen LogP contribution is 2.32. The number of hydrogen-bond donors (Lipinski definition) is 1. The molecule has 20 heavy (non-hydrogen) atoms. The number of nitrogens with zero attached hydrogens (tertiary/aromatic N) is 1. The minimum absolute atomic E-state index is 0.516. The zero-order valence-electron chi connectivity index (χ0n) is 12.4. The Morgan fingerprint density at radius 2 is 2.05 bits per heavy atom. The van der Waals surface area contributed by atoms with Gasteiger partial charge in [-0.15, -0.1) is 11.3 Å². The van der Waals surface area contributed by atoms with Crippen molar-refractivity contribution < 1.29 is 0 Å². The van der Waals surface area contributed by atoms with Crippen molar-refractivity contribution in [3.63, 3.8) is 0 Å². The van der Waals surface area contributed by atoms with Crippen LogP contribution in [0, 0.1) is 5.92 Å². The highest BCUT2D eigenvalue weighted by atomic mass is 32.1. The summed E-state index contributed by atoms with van der Waals surface area (Å²) in [6.07, 6.45) is 2.65. The summed E-state index contributed by atoms with van der Waals surface area (Å²) in [6.45, 7) is 5.94. The summed E-state index contributed by atoms with van der Waals surface area (Å²) in [4.78, 5) is 4.02. The average Bonchev–Trinajstić information content (AvgIpc) is 2.91. The SMILES string of the molecule is CC(c1cc2ccccc2s1)N(C)CC1CCNCC1. The van der Waals surface area contributed by atoms with E-state index in [4.69, 9.17) is 0 Å². The fourth-order valence-corrected chi connectivity index (χ4v) is 4.24. The average molecular weight is 288 g/mol. The lowest BCUT2D eigenvalue weighted by atomic mass is 9.97. The minimum Gasteiger partial charge on any atom is -0.317 e. The van der Waals surface area contributed by atoms with E-state index in [9.17, 15) is 0 Å². The zero-order chi connectivity index (χ0) is 13.9. The van der Waals surface area contributed by atoms with Crippen molar-refractivity contribution in [2.45, 2.75) is 25.8 Å². The molecular weight excluding hydrogens is 264 g/mol. The Morgan fingerprint density at radius 1 is 1.30 bits per heavy atom. The van der Waals surface area contributed by atoms with E-state index in [1.54, 1.807) is 0 Å². The Labute approximate surface area is 125 Å². The van der Waals surface area contributed by atoms with Gasteiger partial charge in [-0.25, -0.2) is 0 Å². The molecule has 0 amide bonds. The first-order chi connectivity index (χ1) is 9.74. The van der Waals surface area contributed by atoms with Crippen LogP contribution < -0.4 is 5.32 Å². The van der Waals surface area contributed by atoms with E-state index in [2.05, 4.69) is 54.5 Å². The van der Waals surface area contributed by atoms with E-state index in [-0.39, 0.29) is 0 Å². The maximum Gasteiger partial charge on any atom is 0.0410 e. The molecule has 0 bridgehead atoms. The van der Waals surface area contributed by atoms with Crippen molar-refractivity contribution >= 4 is 21.4 Å². The lowest BCUT2D eigenvalue weighted by molar-refractivity contribution is 0.199. The molecule has 1 saturated heterocycles. The van der Waals surface area contributed by atoms with Gasteiger partial charge in [-0.1, -0.05) is 18.2 Å². The number of hydrogen-bond acceptors (Lipinski definition) is 3. The van der Waals surface area contributed by atoms with E-state index in [1.165, 1.54) is 47.4 Å². The van der Waals surface area contributed by atoms with E-state index >= 15 is 0 Å². The number of benzene rings is 1. The smallest absolute Gasteiger partial charge is 0.0410 e. The van der Waals surface area contributed by atoms with Crippen molar-refractivity contribution in [3.05, 3.63) is 35.2 Å². The van der Waals surface area contributed by atoms with Crippen molar-refractivity contribution in [3.8, 4) is 0 Å². The van der Waals surface area contributed by atoms with Gasteiger partial charge in [-0.3, -0.25) is 4.90 Å². The van der Waals surface area contributed by atoms with Crippen molar-refractivity contribution in [1.82, 2.24) is 10.2 Å². The summed E-state index contributed by atoms with van der Waals surface area (Å²) in [5.41, 5.74) is 0. The van der Waals surface area contributed by atoms with E-state index < -0.39 is 0 Å². The summed E-state index contributed by atoms with van der Waals surface area (Å²) in [5.74, 6) is 0.859. The van der Waals surface area contributed by atoms with Crippen LogP contribution in [0.4, 0.5) is 0 Å². The first kappa shape index (κ1) is 14.1. The molecule has 1 unspecified atom stereocenters. The number of fused-ring (bicyclic) bond motifs is 1.